The topological polar surface area (TPSA) is 45.5 Å². The second-order valence-electron chi connectivity index (χ2n) is 7.88. The van der Waals surface area contributed by atoms with Gasteiger partial charge in [0.15, 0.2) is 5.69 Å². The Balaban J connectivity index is 1.82. The van der Waals surface area contributed by atoms with E-state index in [1.54, 1.807) is 0 Å². The van der Waals surface area contributed by atoms with E-state index < -0.39 is 0 Å². The van der Waals surface area contributed by atoms with Crippen molar-refractivity contribution < 1.29 is 0 Å². The smallest absolute Gasteiger partial charge is 0.187 e. The average molecular weight is 420 g/mol. The van der Waals surface area contributed by atoms with Crippen molar-refractivity contribution in [1.82, 2.24) is 9.38 Å². The van der Waals surface area contributed by atoms with Gasteiger partial charge < -0.3 is 0 Å². The number of nitrogens with zero attached hydrogens (tertiary/aromatic N) is 4. The SMILES string of the molecule is [C-]#[N+]c1ccc(-c2c3ccccc3c(-c3ccc(C#N)cc3)c3c2nc2ccccn23)cc1. The lowest BCUT2D eigenvalue weighted by atomic mass is 9.90. The molecule has 4 heteroatoms. The molecule has 0 radical (unpaired) electrons. The van der Waals surface area contributed by atoms with Crippen LogP contribution in [0, 0.1) is 17.9 Å². The van der Waals surface area contributed by atoms with E-state index in [9.17, 15) is 5.26 Å². The Morgan fingerprint density at radius 3 is 2.09 bits per heavy atom. The van der Waals surface area contributed by atoms with Gasteiger partial charge in [-0.05, 0) is 46.2 Å². The molecule has 4 aromatic carbocycles. The molecule has 2 heterocycles. The highest BCUT2D eigenvalue weighted by molar-refractivity contribution is 6.20. The molecule has 152 valence electrons. The molecule has 6 aromatic rings. The first-order chi connectivity index (χ1) is 16.3. The number of pyridine rings is 1. The molecule has 0 atom stereocenters. The highest BCUT2D eigenvalue weighted by Crippen LogP contribution is 2.43. The van der Waals surface area contributed by atoms with Crippen molar-refractivity contribution in [3.8, 4) is 28.3 Å². The van der Waals surface area contributed by atoms with Crippen LogP contribution < -0.4 is 0 Å². The lowest BCUT2D eigenvalue weighted by Gasteiger charge is -2.15. The van der Waals surface area contributed by atoms with Crippen LogP contribution in [0.25, 0.3) is 54.6 Å². The maximum Gasteiger partial charge on any atom is 0.187 e. The Hall–Kier alpha value is -4.93. The molecule has 33 heavy (non-hydrogen) atoms. The van der Waals surface area contributed by atoms with E-state index in [2.05, 4.69) is 33.5 Å². The van der Waals surface area contributed by atoms with E-state index in [0.717, 1.165) is 49.7 Å². The summed E-state index contributed by atoms with van der Waals surface area (Å²) in [5.74, 6) is 0. The minimum atomic E-state index is 0.614. The predicted octanol–water partition coefficient (Wildman–Crippen LogP) is 7.40. The normalized spacial score (nSPS) is 11.0. The van der Waals surface area contributed by atoms with Crippen LogP contribution in [0.1, 0.15) is 5.56 Å². The van der Waals surface area contributed by atoms with Gasteiger partial charge in [-0.2, -0.15) is 5.26 Å². The summed E-state index contributed by atoms with van der Waals surface area (Å²) in [4.78, 5) is 8.59. The van der Waals surface area contributed by atoms with Crippen molar-refractivity contribution in [1.29, 1.82) is 5.26 Å². The number of hydrogen-bond donors (Lipinski definition) is 0. The van der Waals surface area contributed by atoms with E-state index in [1.165, 1.54) is 0 Å². The van der Waals surface area contributed by atoms with Crippen molar-refractivity contribution >= 4 is 33.1 Å². The molecule has 0 aliphatic rings. The highest BCUT2D eigenvalue weighted by Gasteiger charge is 2.20. The lowest BCUT2D eigenvalue weighted by molar-refractivity contribution is 1.23. The fraction of sp³-hybridized carbons (Fsp3) is 0. The van der Waals surface area contributed by atoms with E-state index >= 15 is 0 Å². The van der Waals surface area contributed by atoms with Crippen LogP contribution in [-0.4, -0.2) is 9.38 Å². The second-order valence-corrected chi connectivity index (χ2v) is 7.88. The van der Waals surface area contributed by atoms with Crippen molar-refractivity contribution in [2.75, 3.05) is 0 Å². The first-order valence-corrected chi connectivity index (χ1v) is 10.6. The molecule has 6 rings (SSSR count). The average Bonchev–Trinajstić information content (AvgIpc) is 3.26. The Labute approximate surface area is 190 Å². The summed E-state index contributed by atoms with van der Waals surface area (Å²) in [6.45, 7) is 7.30. The zero-order chi connectivity index (χ0) is 22.4. The number of imidazole rings is 1. The summed E-state index contributed by atoms with van der Waals surface area (Å²) in [6.07, 6.45) is 2.04. The van der Waals surface area contributed by atoms with Crippen LogP contribution >= 0.6 is 0 Å². The van der Waals surface area contributed by atoms with Crippen molar-refractivity contribution in [3.05, 3.63) is 114 Å². The van der Waals surface area contributed by atoms with Gasteiger partial charge in [0.1, 0.15) is 5.65 Å². The van der Waals surface area contributed by atoms with E-state index in [4.69, 9.17) is 11.6 Å². The molecule has 0 unspecified atom stereocenters. The number of rotatable bonds is 2. The summed E-state index contributed by atoms with van der Waals surface area (Å²) in [7, 11) is 0. The second kappa shape index (κ2) is 7.34. The van der Waals surface area contributed by atoms with Gasteiger partial charge in [-0.15, -0.1) is 0 Å². The third-order valence-corrected chi connectivity index (χ3v) is 6.06. The highest BCUT2D eigenvalue weighted by atomic mass is 15.0. The van der Waals surface area contributed by atoms with Crippen molar-refractivity contribution in [2.24, 2.45) is 0 Å². The molecule has 0 saturated heterocycles. The summed E-state index contributed by atoms with van der Waals surface area (Å²) < 4.78 is 2.13. The van der Waals surface area contributed by atoms with Crippen LogP contribution in [0.15, 0.2) is 97.2 Å². The maximum absolute atomic E-state index is 9.27. The monoisotopic (exact) mass is 420 g/mol. The maximum atomic E-state index is 9.27. The molecule has 4 nitrogen and oxygen atoms in total. The molecule has 0 spiro atoms. The van der Waals surface area contributed by atoms with Crippen LogP contribution in [0.4, 0.5) is 5.69 Å². The number of fused-ring (bicyclic) bond motifs is 4. The molecule has 0 aliphatic heterocycles. The van der Waals surface area contributed by atoms with Gasteiger partial charge in [0, 0.05) is 17.3 Å². The van der Waals surface area contributed by atoms with Crippen LogP contribution in [0.2, 0.25) is 0 Å². The zero-order valence-electron chi connectivity index (χ0n) is 17.5. The molecule has 0 fully saturated rings. The van der Waals surface area contributed by atoms with E-state index in [0.29, 0.717) is 11.3 Å². The lowest BCUT2D eigenvalue weighted by Crippen LogP contribution is -1.92. The molecular formula is C29H16N4. The van der Waals surface area contributed by atoms with Crippen LogP contribution in [-0.2, 0) is 0 Å². The van der Waals surface area contributed by atoms with E-state index in [-0.39, 0.29) is 0 Å². The van der Waals surface area contributed by atoms with Crippen molar-refractivity contribution in [2.45, 2.75) is 0 Å². The first kappa shape index (κ1) is 18.8. The number of hydrogen-bond acceptors (Lipinski definition) is 2. The van der Waals surface area contributed by atoms with Gasteiger partial charge >= 0.3 is 0 Å². The van der Waals surface area contributed by atoms with Crippen molar-refractivity contribution in [3.63, 3.8) is 0 Å². The fourth-order valence-corrected chi connectivity index (χ4v) is 4.58. The Morgan fingerprint density at radius 2 is 1.39 bits per heavy atom. The van der Waals surface area contributed by atoms with Gasteiger partial charge in [0.25, 0.3) is 0 Å². The number of nitriles is 1. The summed E-state index contributed by atoms with van der Waals surface area (Å²) in [5, 5.41) is 11.5. The molecule has 0 N–H and O–H groups in total. The molecule has 2 aromatic heterocycles. The predicted molar refractivity (Wildman–Crippen MR) is 132 cm³/mol. The number of aromatic nitrogens is 2. The molecule has 0 bridgehead atoms. The Kier molecular flexibility index (Phi) is 4.18. The van der Waals surface area contributed by atoms with Crippen LogP contribution in [0.3, 0.4) is 0 Å². The number of benzene rings is 4. The molecule has 0 aliphatic carbocycles. The quantitative estimate of drug-likeness (QED) is 0.274. The standard InChI is InChI=1S/C29H16N4/c1-31-22-15-13-20(14-16-22)26-23-6-2-3-7-24(23)27(21-11-9-19(18-30)10-12-21)29-28(26)32-25-8-4-5-17-33(25)29/h2-17H. The Bertz CT molecular complexity index is 1760. The van der Waals surface area contributed by atoms with Gasteiger partial charge in [0.05, 0.1) is 29.2 Å². The van der Waals surface area contributed by atoms with Gasteiger partial charge in [-0.1, -0.05) is 66.7 Å². The molecule has 0 amide bonds. The van der Waals surface area contributed by atoms with Gasteiger partial charge in [-0.3, -0.25) is 4.40 Å². The van der Waals surface area contributed by atoms with Crippen LogP contribution in [0.5, 0.6) is 0 Å². The van der Waals surface area contributed by atoms with Gasteiger partial charge in [-0.25, -0.2) is 9.83 Å². The third kappa shape index (κ3) is 2.86. The van der Waals surface area contributed by atoms with Gasteiger partial charge in [0.2, 0.25) is 0 Å². The molecule has 0 saturated carbocycles. The minimum absolute atomic E-state index is 0.614. The largest absolute Gasteiger partial charge is 0.299 e. The zero-order valence-corrected chi connectivity index (χ0v) is 17.5. The summed E-state index contributed by atoms with van der Waals surface area (Å²) >= 11 is 0. The fourth-order valence-electron chi connectivity index (χ4n) is 4.58. The molecular weight excluding hydrogens is 404 g/mol. The Morgan fingerprint density at radius 1 is 0.758 bits per heavy atom. The minimum Gasteiger partial charge on any atom is -0.299 e. The first-order valence-electron chi connectivity index (χ1n) is 10.6. The summed E-state index contributed by atoms with van der Waals surface area (Å²) in [5.41, 5.74) is 8.26. The van der Waals surface area contributed by atoms with E-state index in [1.807, 2.05) is 79.0 Å². The summed E-state index contributed by atoms with van der Waals surface area (Å²) in [6, 6.07) is 32.0. The third-order valence-electron chi connectivity index (χ3n) is 6.06.